The van der Waals surface area contributed by atoms with Crippen LogP contribution in [0.25, 0.3) is 0 Å². The standard InChI is InChI=1S/C15H18N4OS/c1-21-14-4-2-3-12(11-14)15(20)18-9-5-13(6-10-18)19-16-7-8-17-19/h2-4,7-8,11,13H,5-6,9-10H2,1H3. The third-order valence-corrected chi connectivity index (χ3v) is 4.56. The van der Waals surface area contributed by atoms with Crippen LogP contribution < -0.4 is 0 Å². The van der Waals surface area contributed by atoms with Crippen molar-refractivity contribution in [2.45, 2.75) is 23.8 Å². The Balaban J connectivity index is 1.64. The van der Waals surface area contributed by atoms with Crippen molar-refractivity contribution in [3.8, 4) is 0 Å². The van der Waals surface area contributed by atoms with E-state index in [1.54, 1.807) is 29.0 Å². The number of hydrogen-bond acceptors (Lipinski definition) is 4. The van der Waals surface area contributed by atoms with Gasteiger partial charge >= 0.3 is 0 Å². The molecule has 0 N–H and O–H groups in total. The van der Waals surface area contributed by atoms with E-state index in [9.17, 15) is 4.79 Å². The number of benzene rings is 1. The van der Waals surface area contributed by atoms with E-state index in [-0.39, 0.29) is 5.91 Å². The Hall–Kier alpha value is -1.82. The maximum Gasteiger partial charge on any atom is 0.253 e. The van der Waals surface area contributed by atoms with E-state index in [4.69, 9.17) is 0 Å². The van der Waals surface area contributed by atoms with Gasteiger partial charge in [0.2, 0.25) is 0 Å². The molecule has 0 unspecified atom stereocenters. The fraction of sp³-hybridized carbons (Fsp3) is 0.400. The van der Waals surface area contributed by atoms with Crippen molar-refractivity contribution in [3.05, 3.63) is 42.2 Å². The summed E-state index contributed by atoms with van der Waals surface area (Å²) < 4.78 is 0. The molecule has 21 heavy (non-hydrogen) atoms. The lowest BCUT2D eigenvalue weighted by Crippen LogP contribution is -2.39. The molecule has 0 bridgehead atoms. The highest BCUT2D eigenvalue weighted by Gasteiger charge is 2.25. The Bertz CT molecular complexity index is 606. The van der Waals surface area contributed by atoms with Gasteiger partial charge in [0.1, 0.15) is 0 Å². The Morgan fingerprint density at radius 1 is 1.24 bits per heavy atom. The Morgan fingerprint density at radius 3 is 2.62 bits per heavy atom. The molecule has 0 atom stereocenters. The number of carbonyl (C=O) groups excluding carboxylic acids is 1. The van der Waals surface area contributed by atoms with Gasteiger partial charge in [-0.05, 0) is 37.3 Å². The molecule has 1 saturated heterocycles. The summed E-state index contributed by atoms with van der Waals surface area (Å²) in [7, 11) is 0. The summed E-state index contributed by atoms with van der Waals surface area (Å²) in [4.78, 5) is 17.4. The molecule has 0 radical (unpaired) electrons. The third-order valence-electron chi connectivity index (χ3n) is 3.83. The van der Waals surface area contributed by atoms with Crippen molar-refractivity contribution in [3.63, 3.8) is 0 Å². The largest absolute Gasteiger partial charge is 0.338 e. The average Bonchev–Trinajstić information content (AvgIpc) is 3.09. The van der Waals surface area contributed by atoms with Crippen LogP contribution in [0.4, 0.5) is 0 Å². The Morgan fingerprint density at radius 2 is 1.95 bits per heavy atom. The van der Waals surface area contributed by atoms with Crippen LogP contribution in [0.3, 0.4) is 0 Å². The van der Waals surface area contributed by atoms with E-state index < -0.39 is 0 Å². The molecule has 1 fully saturated rings. The van der Waals surface area contributed by atoms with Gasteiger partial charge in [-0.1, -0.05) is 6.07 Å². The predicted molar refractivity (Wildman–Crippen MR) is 82.4 cm³/mol. The average molecular weight is 302 g/mol. The van der Waals surface area contributed by atoms with Crippen LogP contribution in [-0.4, -0.2) is 45.1 Å². The second-order valence-electron chi connectivity index (χ2n) is 5.10. The fourth-order valence-electron chi connectivity index (χ4n) is 2.65. The van der Waals surface area contributed by atoms with Crippen LogP contribution in [0.2, 0.25) is 0 Å². The Labute approximate surface area is 128 Å². The number of piperidine rings is 1. The number of nitrogens with zero attached hydrogens (tertiary/aromatic N) is 4. The van der Waals surface area contributed by atoms with Crippen molar-refractivity contribution in [1.82, 2.24) is 19.9 Å². The first-order chi connectivity index (χ1) is 10.3. The summed E-state index contributed by atoms with van der Waals surface area (Å²) in [6, 6.07) is 8.13. The van der Waals surface area contributed by atoms with Crippen LogP contribution in [0, 0.1) is 0 Å². The lowest BCUT2D eigenvalue weighted by molar-refractivity contribution is 0.0683. The maximum absolute atomic E-state index is 12.5. The van der Waals surface area contributed by atoms with Gasteiger partial charge in [0.05, 0.1) is 18.4 Å². The van der Waals surface area contributed by atoms with Crippen LogP contribution in [0.1, 0.15) is 29.2 Å². The summed E-state index contributed by atoms with van der Waals surface area (Å²) in [5.74, 6) is 0.123. The number of amides is 1. The van der Waals surface area contributed by atoms with Gasteiger partial charge < -0.3 is 4.90 Å². The highest BCUT2D eigenvalue weighted by molar-refractivity contribution is 7.98. The number of thioether (sulfide) groups is 1. The normalized spacial score (nSPS) is 16.1. The van der Waals surface area contributed by atoms with E-state index >= 15 is 0 Å². The second-order valence-corrected chi connectivity index (χ2v) is 5.98. The van der Waals surface area contributed by atoms with E-state index in [1.807, 2.05) is 35.4 Å². The summed E-state index contributed by atoms with van der Waals surface area (Å²) in [6.07, 6.45) is 7.23. The summed E-state index contributed by atoms with van der Waals surface area (Å²) >= 11 is 1.66. The zero-order valence-electron chi connectivity index (χ0n) is 12.0. The van der Waals surface area contributed by atoms with Gasteiger partial charge in [0.25, 0.3) is 5.91 Å². The molecule has 5 nitrogen and oxygen atoms in total. The zero-order valence-corrected chi connectivity index (χ0v) is 12.8. The third kappa shape index (κ3) is 3.10. The summed E-state index contributed by atoms with van der Waals surface area (Å²) in [5.41, 5.74) is 0.775. The summed E-state index contributed by atoms with van der Waals surface area (Å²) in [6.45, 7) is 1.52. The van der Waals surface area contributed by atoms with Crippen LogP contribution in [-0.2, 0) is 0 Å². The molecule has 0 spiro atoms. The highest BCUT2D eigenvalue weighted by Crippen LogP contribution is 2.23. The van der Waals surface area contributed by atoms with Gasteiger partial charge in [-0.3, -0.25) is 4.79 Å². The van der Waals surface area contributed by atoms with E-state index in [0.717, 1.165) is 36.4 Å². The van der Waals surface area contributed by atoms with Crippen molar-refractivity contribution in [1.29, 1.82) is 0 Å². The number of aromatic nitrogens is 3. The van der Waals surface area contributed by atoms with Crippen LogP contribution >= 0.6 is 11.8 Å². The van der Waals surface area contributed by atoms with Crippen LogP contribution in [0.5, 0.6) is 0 Å². The molecule has 3 rings (SSSR count). The zero-order chi connectivity index (χ0) is 14.7. The molecular weight excluding hydrogens is 284 g/mol. The van der Waals surface area contributed by atoms with Gasteiger partial charge in [-0.2, -0.15) is 15.0 Å². The van der Waals surface area contributed by atoms with Crippen LogP contribution in [0.15, 0.2) is 41.6 Å². The minimum absolute atomic E-state index is 0.123. The van der Waals surface area contributed by atoms with E-state index in [2.05, 4.69) is 10.2 Å². The minimum Gasteiger partial charge on any atom is -0.338 e. The van der Waals surface area contributed by atoms with Crippen molar-refractivity contribution >= 4 is 17.7 Å². The molecule has 1 amide bonds. The van der Waals surface area contributed by atoms with Gasteiger partial charge in [-0.15, -0.1) is 11.8 Å². The number of rotatable bonds is 3. The molecule has 1 aromatic heterocycles. The topological polar surface area (TPSA) is 51.0 Å². The monoisotopic (exact) mass is 302 g/mol. The Kier molecular flexibility index (Phi) is 4.24. The summed E-state index contributed by atoms with van der Waals surface area (Å²) in [5, 5.41) is 8.38. The fourth-order valence-corrected chi connectivity index (χ4v) is 3.11. The number of carbonyl (C=O) groups is 1. The van der Waals surface area contributed by atoms with Gasteiger partial charge in [-0.25, -0.2) is 0 Å². The van der Waals surface area contributed by atoms with Gasteiger partial charge in [0.15, 0.2) is 0 Å². The molecule has 6 heteroatoms. The molecule has 0 aliphatic carbocycles. The molecule has 0 saturated carbocycles. The quantitative estimate of drug-likeness (QED) is 0.817. The molecular formula is C15H18N4OS. The molecule has 2 heterocycles. The number of hydrogen-bond donors (Lipinski definition) is 0. The minimum atomic E-state index is 0.123. The molecule has 2 aromatic rings. The number of likely N-dealkylation sites (tertiary alicyclic amines) is 1. The molecule has 1 aliphatic rings. The first-order valence-electron chi connectivity index (χ1n) is 7.07. The SMILES string of the molecule is CSc1cccc(C(=O)N2CCC(n3nccn3)CC2)c1. The lowest BCUT2D eigenvalue weighted by Gasteiger charge is -2.31. The van der Waals surface area contributed by atoms with Crippen molar-refractivity contribution in [2.24, 2.45) is 0 Å². The maximum atomic E-state index is 12.5. The first kappa shape index (κ1) is 14.1. The second kappa shape index (κ2) is 6.30. The highest BCUT2D eigenvalue weighted by atomic mass is 32.2. The van der Waals surface area contributed by atoms with Crippen molar-refractivity contribution in [2.75, 3.05) is 19.3 Å². The molecule has 1 aliphatic heterocycles. The molecule has 1 aromatic carbocycles. The van der Waals surface area contributed by atoms with E-state index in [0.29, 0.717) is 6.04 Å². The first-order valence-corrected chi connectivity index (χ1v) is 8.29. The smallest absolute Gasteiger partial charge is 0.253 e. The predicted octanol–water partition coefficient (Wildman–Crippen LogP) is 2.48. The van der Waals surface area contributed by atoms with E-state index in [1.165, 1.54) is 0 Å². The molecule has 110 valence electrons. The van der Waals surface area contributed by atoms with Crippen molar-refractivity contribution < 1.29 is 4.79 Å². The van der Waals surface area contributed by atoms with Gasteiger partial charge in [0, 0.05) is 23.5 Å². The lowest BCUT2D eigenvalue weighted by atomic mass is 10.0.